The molecule has 0 unspecified atom stereocenters. The SMILES string of the molecule is CC(C)NC(=O)[C@H](C)N(Cc1ccccc1Cl)C(=O)Cc1ccccc1[N+](=O)[O-]. The highest BCUT2D eigenvalue weighted by Gasteiger charge is 2.28. The average molecular weight is 418 g/mol. The predicted octanol–water partition coefficient (Wildman–Crippen LogP) is 3.73. The number of amides is 2. The van der Waals surface area contributed by atoms with Crippen LogP contribution in [0.1, 0.15) is 31.9 Å². The zero-order chi connectivity index (χ0) is 21.6. The van der Waals surface area contributed by atoms with Gasteiger partial charge in [0, 0.05) is 29.2 Å². The first-order chi connectivity index (χ1) is 13.7. The highest BCUT2D eigenvalue weighted by Crippen LogP contribution is 2.22. The van der Waals surface area contributed by atoms with Crippen molar-refractivity contribution in [3.63, 3.8) is 0 Å². The number of carbonyl (C=O) groups excluding carboxylic acids is 2. The first kappa shape index (κ1) is 22.4. The first-order valence-electron chi connectivity index (χ1n) is 9.26. The van der Waals surface area contributed by atoms with Gasteiger partial charge in [-0.1, -0.05) is 48.0 Å². The summed E-state index contributed by atoms with van der Waals surface area (Å²) in [5, 5.41) is 14.5. The van der Waals surface area contributed by atoms with E-state index in [0.717, 1.165) is 0 Å². The van der Waals surface area contributed by atoms with E-state index in [1.165, 1.54) is 11.0 Å². The van der Waals surface area contributed by atoms with Crippen LogP contribution in [0.25, 0.3) is 0 Å². The Kier molecular flexibility index (Phi) is 7.73. The molecule has 0 spiro atoms. The minimum atomic E-state index is -0.774. The Morgan fingerprint density at radius 2 is 1.66 bits per heavy atom. The van der Waals surface area contributed by atoms with E-state index >= 15 is 0 Å². The van der Waals surface area contributed by atoms with E-state index < -0.39 is 16.9 Å². The molecule has 1 N–H and O–H groups in total. The van der Waals surface area contributed by atoms with Crippen LogP contribution in [0.3, 0.4) is 0 Å². The lowest BCUT2D eigenvalue weighted by Gasteiger charge is -2.29. The molecule has 1 atom stereocenters. The number of hydrogen-bond donors (Lipinski definition) is 1. The van der Waals surface area contributed by atoms with Gasteiger partial charge in [0.1, 0.15) is 6.04 Å². The summed E-state index contributed by atoms with van der Waals surface area (Å²) in [5.74, 6) is -0.700. The summed E-state index contributed by atoms with van der Waals surface area (Å²) < 4.78 is 0. The van der Waals surface area contributed by atoms with Crippen LogP contribution in [0.2, 0.25) is 5.02 Å². The molecule has 2 aromatic carbocycles. The molecule has 2 aromatic rings. The standard InChI is InChI=1S/C21H24ClN3O4/c1-14(2)23-21(27)15(3)24(13-17-9-4-6-10-18(17)22)20(26)12-16-8-5-7-11-19(16)25(28)29/h4-11,14-15H,12-13H2,1-3H3,(H,23,27)/t15-/m0/s1. The second-order valence-corrected chi connectivity index (χ2v) is 7.42. The molecular formula is C21H24ClN3O4. The van der Waals surface area contributed by atoms with Crippen molar-refractivity contribution in [3.05, 3.63) is 74.8 Å². The van der Waals surface area contributed by atoms with Crippen molar-refractivity contribution in [1.82, 2.24) is 10.2 Å². The monoisotopic (exact) mass is 417 g/mol. The fourth-order valence-corrected chi connectivity index (χ4v) is 3.10. The summed E-state index contributed by atoms with van der Waals surface area (Å²) in [6, 6.07) is 12.3. The quantitative estimate of drug-likeness (QED) is 0.523. The number of para-hydroxylation sites is 1. The number of halogens is 1. The second kappa shape index (κ2) is 10.0. The fraction of sp³-hybridized carbons (Fsp3) is 0.333. The minimum Gasteiger partial charge on any atom is -0.352 e. The zero-order valence-corrected chi connectivity index (χ0v) is 17.3. The molecule has 0 heterocycles. The zero-order valence-electron chi connectivity index (χ0n) is 16.6. The van der Waals surface area contributed by atoms with Crippen LogP contribution in [0.5, 0.6) is 0 Å². The van der Waals surface area contributed by atoms with Gasteiger partial charge in [-0.3, -0.25) is 19.7 Å². The van der Waals surface area contributed by atoms with E-state index in [9.17, 15) is 19.7 Å². The summed E-state index contributed by atoms with van der Waals surface area (Å²) in [6.45, 7) is 5.41. The van der Waals surface area contributed by atoms with Gasteiger partial charge in [-0.25, -0.2) is 0 Å². The van der Waals surface area contributed by atoms with Crippen LogP contribution < -0.4 is 5.32 Å². The molecule has 0 aliphatic carbocycles. The van der Waals surface area contributed by atoms with Gasteiger partial charge in [-0.15, -0.1) is 0 Å². The molecule has 154 valence electrons. The van der Waals surface area contributed by atoms with Crippen LogP contribution in [0, 0.1) is 10.1 Å². The molecule has 0 fully saturated rings. The van der Waals surface area contributed by atoms with Gasteiger partial charge in [0.2, 0.25) is 11.8 Å². The van der Waals surface area contributed by atoms with Crippen molar-refractivity contribution >= 4 is 29.1 Å². The van der Waals surface area contributed by atoms with Gasteiger partial charge in [0.15, 0.2) is 0 Å². The number of rotatable bonds is 8. The van der Waals surface area contributed by atoms with Crippen molar-refractivity contribution < 1.29 is 14.5 Å². The Hall–Kier alpha value is -2.93. The van der Waals surface area contributed by atoms with Crippen molar-refractivity contribution in [2.75, 3.05) is 0 Å². The average Bonchev–Trinajstić information content (AvgIpc) is 2.66. The largest absolute Gasteiger partial charge is 0.352 e. The number of benzene rings is 2. The summed E-state index contributed by atoms with van der Waals surface area (Å²) in [6.07, 6.45) is -0.194. The summed E-state index contributed by atoms with van der Waals surface area (Å²) >= 11 is 6.24. The topological polar surface area (TPSA) is 92.6 Å². The lowest BCUT2D eigenvalue weighted by atomic mass is 10.1. The molecule has 7 nitrogen and oxygen atoms in total. The van der Waals surface area contributed by atoms with Crippen molar-refractivity contribution in [1.29, 1.82) is 0 Å². The van der Waals surface area contributed by atoms with E-state index in [1.807, 2.05) is 13.8 Å². The molecule has 8 heteroatoms. The van der Waals surface area contributed by atoms with Crippen molar-refractivity contribution in [3.8, 4) is 0 Å². The molecular weight excluding hydrogens is 394 g/mol. The van der Waals surface area contributed by atoms with Gasteiger partial charge in [0.25, 0.3) is 5.69 Å². The third-order valence-electron chi connectivity index (χ3n) is 4.43. The van der Waals surface area contributed by atoms with Gasteiger partial charge < -0.3 is 10.2 Å². The Morgan fingerprint density at radius 3 is 2.24 bits per heavy atom. The molecule has 0 aromatic heterocycles. The summed E-state index contributed by atoms with van der Waals surface area (Å²) in [4.78, 5) is 37.8. The maximum Gasteiger partial charge on any atom is 0.273 e. The molecule has 29 heavy (non-hydrogen) atoms. The van der Waals surface area contributed by atoms with Crippen LogP contribution in [-0.4, -0.2) is 33.7 Å². The number of nitrogens with one attached hydrogen (secondary N) is 1. The highest BCUT2D eigenvalue weighted by atomic mass is 35.5. The maximum atomic E-state index is 13.1. The Labute approximate surface area is 174 Å². The molecule has 0 aliphatic rings. The van der Waals surface area contributed by atoms with Gasteiger partial charge in [0.05, 0.1) is 11.3 Å². The van der Waals surface area contributed by atoms with E-state index in [2.05, 4.69) is 5.32 Å². The van der Waals surface area contributed by atoms with Crippen molar-refractivity contribution in [2.24, 2.45) is 0 Å². The van der Waals surface area contributed by atoms with Gasteiger partial charge in [-0.05, 0) is 32.4 Å². The second-order valence-electron chi connectivity index (χ2n) is 7.01. The number of nitro benzene ring substituents is 1. The molecule has 0 saturated carbocycles. The lowest BCUT2D eigenvalue weighted by molar-refractivity contribution is -0.385. The van der Waals surface area contributed by atoms with E-state index in [-0.39, 0.29) is 30.6 Å². The number of nitrogens with zero attached hydrogens (tertiary/aromatic N) is 2. The maximum absolute atomic E-state index is 13.1. The Bertz CT molecular complexity index is 901. The van der Waals surface area contributed by atoms with E-state index in [4.69, 9.17) is 11.6 Å². The van der Waals surface area contributed by atoms with E-state index in [0.29, 0.717) is 16.1 Å². The van der Waals surface area contributed by atoms with Crippen LogP contribution in [0.15, 0.2) is 48.5 Å². The lowest BCUT2D eigenvalue weighted by Crippen LogP contribution is -2.49. The predicted molar refractivity (Wildman–Crippen MR) is 112 cm³/mol. The summed E-state index contributed by atoms with van der Waals surface area (Å²) in [7, 11) is 0. The van der Waals surface area contributed by atoms with Crippen LogP contribution in [-0.2, 0) is 22.6 Å². The number of hydrogen-bond acceptors (Lipinski definition) is 4. The molecule has 0 aliphatic heterocycles. The van der Waals surface area contributed by atoms with Gasteiger partial charge >= 0.3 is 0 Å². The third-order valence-corrected chi connectivity index (χ3v) is 4.80. The third kappa shape index (κ3) is 6.02. The molecule has 2 rings (SSSR count). The molecule has 0 bridgehead atoms. The smallest absolute Gasteiger partial charge is 0.273 e. The highest BCUT2D eigenvalue weighted by molar-refractivity contribution is 6.31. The Balaban J connectivity index is 2.33. The fourth-order valence-electron chi connectivity index (χ4n) is 2.90. The molecule has 0 radical (unpaired) electrons. The van der Waals surface area contributed by atoms with Crippen molar-refractivity contribution in [2.45, 2.75) is 45.8 Å². The minimum absolute atomic E-state index is 0.0857. The number of carbonyl (C=O) groups is 2. The normalized spacial score (nSPS) is 11.8. The van der Waals surface area contributed by atoms with Crippen LogP contribution in [0.4, 0.5) is 5.69 Å². The number of nitro groups is 1. The van der Waals surface area contributed by atoms with E-state index in [1.54, 1.807) is 49.4 Å². The Morgan fingerprint density at radius 1 is 1.07 bits per heavy atom. The van der Waals surface area contributed by atoms with Crippen LogP contribution >= 0.6 is 11.6 Å². The van der Waals surface area contributed by atoms with Gasteiger partial charge in [-0.2, -0.15) is 0 Å². The summed E-state index contributed by atoms with van der Waals surface area (Å²) in [5.41, 5.74) is 0.857. The molecule has 0 saturated heterocycles. The first-order valence-corrected chi connectivity index (χ1v) is 9.64. The molecule has 2 amide bonds.